The van der Waals surface area contributed by atoms with Crippen LogP contribution in [0, 0.1) is 11.6 Å². The van der Waals surface area contributed by atoms with Crippen molar-refractivity contribution in [2.45, 2.75) is 26.4 Å². The number of carbonyl (C=O) groups is 1. The summed E-state index contributed by atoms with van der Waals surface area (Å²) in [4.78, 5) is 14.1. The highest BCUT2D eigenvalue weighted by Crippen LogP contribution is 2.32. The summed E-state index contributed by atoms with van der Waals surface area (Å²) in [6.45, 7) is 8.30. The van der Waals surface area contributed by atoms with Crippen LogP contribution in [0.25, 0.3) is 11.3 Å². The zero-order valence-electron chi connectivity index (χ0n) is 23.4. The SMILES string of the molecule is CC(C)(C)OC(=O)N1CC[N+](=C2C=CC(=C/C=C3\C=C(c4ccc(F)cc4)C=C(c4ccc(F)cc4)O3)C=C2)CC1. The average Bonchev–Trinajstić information content (AvgIpc) is 2.96. The molecule has 2 heterocycles. The number of rotatable bonds is 3. The number of allylic oxidation sites excluding steroid dienone is 10. The van der Waals surface area contributed by atoms with Gasteiger partial charge in [0.2, 0.25) is 0 Å². The maximum atomic E-state index is 13.5. The number of ether oxygens (including phenoxy) is 2. The van der Waals surface area contributed by atoms with Gasteiger partial charge < -0.3 is 9.47 Å². The number of hydrogen-bond acceptors (Lipinski definition) is 3. The molecule has 210 valence electrons. The van der Waals surface area contributed by atoms with Crippen LogP contribution < -0.4 is 0 Å². The molecule has 1 fully saturated rings. The van der Waals surface area contributed by atoms with Crippen molar-refractivity contribution in [3.8, 4) is 0 Å². The van der Waals surface area contributed by atoms with Crippen LogP contribution in [0.2, 0.25) is 0 Å². The van der Waals surface area contributed by atoms with Gasteiger partial charge in [-0.2, -0.15) is 0 Å². The highest BCUT2D eigenvalue weighted by atomic mass is 19.1. The van der Waals surface area contributed by atoms with Crippen molar-refractivity contribution in [3.63, 3.8) is 0 Å². The molecular weight excluding hydrogens is 522 g/mol. The molecule has 1 amide bonds. The summed E-state index contributed by atoms with van der Waals surface area (Å²) in [7, 11) is 0. The zero-order chi connectivity index (χ0) is 29.0. The topological polar surface area (TPSA) is 41.8 Å². The Morgan fingerprint density at radius 3 is 2.02 bits per heavy atom. The summed E-state index contributed by atoms with van der Waals surface area (Å²) in [6, 6.07) is 12.4. The Balaban J connectivity index is 1.31. The van der Waals surface area contributed by atoms with Gasteiger partial charge in [0.25, 0.3) is 0 Å². The van der Waals surface area contributed by atoms with E-state index in [9.17, 15) is 13.6 Å². The van der Waals surface area contributed by atoms with Crippen molar-refractivity contribution < 1.29 is 27.6 Å². The lowest BCUT2D eigenvalue weighted by molar-refractivity contribution is -0.536. The molecule has 7 heteroatoms. The summed E-state index contributed by atoms with van der Waals surface area (Å²) in [5.74, 6) is 0.555. The maximum Gasteiger partial charge on any atom is 0.410 e. The van der Waals surface area contributed by atoms with E-state index in [4.69, 9.17) is 9.47 Å². The normalized spacial score (nSPS) is 18.2. The van der Waals surface area contributed by atoms with Gasteiger partial charge in [0.15, 0.2) is 18.8 Å². The highest BCUT2D eigenvalue weighted by molar-refractivity contribution is 6.02. The first-order chi connectivity index (χ1) is 19.6. The van der Waals surface area contributed by atoms with Crippen molar-refractivity contribution in [3.05, 3.63) is 131 Å². The molecule has 0 atom stereocenters. The minimum atomic E-state index is -0.504. The molecule has 1 aliphatic carbocycles. The van der Waals surface area contributed by atoms with E-state index >= 15 is 0 Å². The summed E-state index contributed by atoms with van der Waals surface area (Å²) in [5, 5.41) is 0. The van der Waals surface area contributed by atoms with Gasteiger partial charge in [-0.3, -0.25) is 4.90 Å². The number of piperazine rings is 1. The molecular formula is C34H33F2N2O3+. The number of benzene rings is 2. The van der Waals surface area contributed by atoms with Crippen molar-refractivity contribution in [2.24, 2.45) is 0 Å². The van der Waals surface area contributed by atoms with Gasteiger partial charge >= 0.3 is 6.09 Å². The fraction of sp³-hybridized carbons (Fsp3) is 0.235. The number of hydrogen-bond donors (Lipinski definition) is 0. The quantitative estimate of drug-likeness (QED) is 0.381. The number of amides is 1. The molecule has 0 aromatic heterocycles. The third kappa shape index (κ3) is 7.37. The molecule has 41 heavy (non-hydrogen) atoms. The lowest BCUT2D eigenvalue weighted by Crippen LogP contribution is -2.48. The molecule has 5 nitrogen and oxygen atoms in total. The Kier molecular flexibility index (Phi) is 8.15. The molecule has 0 unspecified atom stereocenters. The van der Waals surface area contributed by atoms with E-state index in [-0.39, 0.29) is 17.7 Å². The zero-order valence-corrected chi connectivity index (χ0v) is 23.4. The second kappa shape index (κ2) is 11.9. The predicted molar refractivity (Wildman–Crippen MR) is 157 cm³/mol. The van der Waals surface area contributed by atoms with Crippen LogP contribution in [0.15, 0.2) is 108 Å². The second-order valence-corrected chi connectivity index (χ2v) is 11.0. The van der Waals surface area contributed by atoms with Gasteiger partial charge in [0.1, 0.15) is 28.8 Å². The van der Waals surface area contributed by atoms with Crippen LogP contribution in [-0.2, 0) is 9.47 Å². The summed E-state index contributed by atoms with van der Waals surface area (Å²) in [5.41, 5.74) is 4.02. The number of nitrogens with zero attached hydrogens (tertiary/aromatic N) is 2. The minimum absolute atomic E-state index is 0.269. The van der Waals surface area contributed by atoms with Gasteiger partial charge in [-0.15, -0.1) is 0 Å². The Hall–Kier alpha value is -4.52. The molecule has 2 aromatic carbocycles. The fourth-order valence-electron chi connectivity index (χ4n) is 4.62. The first-order valence-electron chi connectivity index (χ1n) is 13.6. The lowest BCUT2D eigenvalue weighted by atomic mass is 10.00. The lowest BCUT2D eigenvalue weighted by Gasteiger charge is -2.29. The molecule has 5 rings (SSSR count). The smallest absolute Gasteiger partial charge is 0.410 e. The van der Waals surface area contributed by atoms with Crippen LogP contribution >= 0.6 is 0 Å². The molecule has 0 radical (unpaired) electrons. The Morgan fingerprint density at radius 2 is 1.44 bits per heavy atom. The van der Waals surface area contributed by atoms with Crippen molar-refractivity contribution in [1.29, 1.82) is 0 Å². The van der Waals surface area contributed by atoms with E-state index in [1.165, 1.54) is 24.3 Å². The molecule has 0 spiro atoms. The van der Waals surface area contributed by atoms with E-state index < -0.39 is 5.60 Å². The fourth-order valence-corrected chi connectivity index (χ4v) is 4.62. The van der Waals surface area contributed by atoms with E-state index in [2.05, 4.69) is 16.7 Å². The van der Waals surface area contributed by atoms with Crippen LogP contribution in [0.3, 0.4) is 0 Å². The molecule has 0 saturated carbocycles. The summed E-state index contributed by atoms with van der Waals surface area (Å²) < 4.78 is 41.0. The van der Waals surface area contributed by atoms with E-state index in [1.54, 1.807) is 29.2 Å². The Labute approximate surface area is 239 Å². The number of halogens is 2. The first kappa shape index (κ1) is 28.0. The van der Waals surface area contributed by atoms with Crippen LogP contribution in [0.5, 0.6) is 0 Å². The largest absolute Gasteiger partial charge is 0.457 e. The molecule has 3 aliphatic rings. The highest BCUT2D eigenvalue weighted by Gasteiger charge is 2.28. The summed E-state index contributed by atoms with van der Waals surface area (Å²) >= 11 is 0. The van der Waals surface area contributed by atoms with Gasteiger partial charge in [-0.1, -0.05) is 18.2 Å². The second-order valence-electron chi connectivity index (χ2n) is 11.0. The Morgan fingerprint density at radius 1 is 0.854 bits per heavy atom. The van der Waals surface area contributed by atoms with Gasteiger partial charge in [-0.05, 0) is 104 Å². The van der Waals surface area contributed by atoms with Crippen molar-refractivity contribution in [1.82, 2.24) is 4.90 Å². The molecule has 0 bridgehead atoms. The standard InChI is InChI=1S/C34H33F2N2O3/c1-34(2,3)41-33(39)38-20-18-37(19-21-38)30-15-4-24(5-16-30)6-17-31-22-27(25-7-11-28(35)12-8-25)23-32(40-31)26-9-13-29(36)14-10-26/h4-17,22-23H,18-21H2,1-3H3/q+1/b31-17+. The van der Waals surface area contributed by atoms with Crippen LogP contribution in [0.4, 0.5) is 13.6 Å². The van der Waals surface area contributed by atoms with Gasteiger partial charge in [0.05, 0.1) is 13.1 Å². The van der Waals surface area contributed by atoms with E-state index in [1.807, 2.05) is 57.2 Å². The van der Waals surface area contributed by atoms with Crippen LogP contribution in [0.1, 0.15) is 31.9 Å². The summed E-state index contributed by atoms with van der Waals surface area (Å²) in [6.07, 6.45) is 15.6. The molecule has 2 aromatic rings. The molecule has 1 saturated heterocycles. The predicted octanol–water partition coefficient (Wildman–Crippen LogP) is 7.06. The molecule has 2 aliphatic heterocycles. The third-order valence-corrected chi connectivity index (χ3v) is 6.75. The number of carbonyl (C=O) groups excluding carboxylic acids is 1. The van der Waals surface area contributed by atoms with Gasteiger partial charge in [0, 0.05) is 17.7 Å². The van der Waals surface area contributed by atoms with E-state index in [0.29, 0.717) is 24.6 Å². The third-order valence-electron chi connectivity index (χ3n) is 6.75. The van der Waals surface area contributed by atoms with Crippen molar-refractivity contribution >= 4 is 23.1 Å². The monoisotopic (exact) mass is 555 g/mol. The molecule has 0 N–H and O–H groups in total. The average molecular weight is 556 g/mol. The van der Waals surface area contributed by atoms with Gasteiger partial charge in [-0.25, -0.2) is 18.2 Å². The van der Waals surface area contributed by atoms with Crippen LogP contribution in [-0.4, -0.2) is 53.1 Å². The van der Waals surface area contributed by atoms with E-state index in [0.717, 1.165) is 41.1 Å². The Bertz CT molecular complexity index is 1510. The minimum Gasteiger partial charge on any atom is -0.457 e. The maximum absolute atomic E-state index is 13.5. The van der Waals surface area contributed by atoms with Crippen molar-refractivity contribution in [2.75, 3.05) is 26.2 Å². The first-order valence-corrected chi connectivity index (χ1v) is 13.6.